The third kappa shape index (κ3) is 3.30. The van der Waals surface area contributed by atoms with Crippen LogP contribution in [0.25, 0.3) is 0 Å². The standard InChI is InChI=1S/C14H19NO2/c1-10-3-5-12(6-4-10)14-9-13(7-8-17-14)15-11(2)16/h3-6,13-14H,7-9H2,1-2H3,(H,15,16)/t13-,14+/m0/s1. The fourth-order valence-corrected chi connectivity index (χ4v) is 2.23. The van der Waals surface area contributed by atoms with E-state index in [0.717, 1.165) is 12.8 Å². The average Bonchev–Trinajstić information content (AvgIpc) is 2.29. The molecule has 1 aliphatic rings. The Bertz CT molecular complexity index is 386. The van der Waals surface area contributed by atoms with Crippen LogP contribution in [0.1, 0.15) is 37.0 Å². The van der Waals surface area contributed by atoms with E-state index in [-0.39, 0.29) is 18.1 Å². The van der Waals surface area contributed by atoms with Crippen LogP contribution in [0.3, 0.4) is 0 Å². The van der Waals surface area contributed by atoms with Gasteiger partial charge in [0.2, 0.25) is 5.91 Å². The van der Waals surface area contributed by atoms with Crippen LogP contribution in [-0.2, 0) is 9.53 Å². The highest BCUT2D eigenvalue weighted by Crippen LogP contribution is 2.28. The number of carbonyl (C=O) groups excluding carboxylic acids is 1. The highest BCUT2D eigenvalue weighted by Gasteiger charge is 2.24. The van der Waals surface area contributed by atoms with Crippen molar-refractivity contribution in [1.29, 1.82) is 0 Å². The zero-order valence-corrected chi connectivity index (χ0v) is 10.4. The molecule has 17 heavy (non-hydrogen) atoms. The van der Waals surface area contributed by atoms with Gasteiger partial charge in [0, 0.05) is 19.6 Å². The third-order valence-electron chi connectivity index (χ3n) is 3.14. The minimum atomic E-state index is 0.0413. The molecule has 1 N–H and O–H groups in total. The van der Waals surface area contributed by atoms with Crippen molar-refractivity contribution in [3.05, 3.63) is 35.4 Å². The normalized spacial score (nSPS) is 24.4. The van der Waals surface area contributed by atoms with Gasteiger partial charge in [-0.1, -0.05) is 29.8 Å². The summed E-state index contributed by atoms with van der Waals surface area (Å²) in [6, 6.07) is 8.65. The van der Waals surface area contributed by atoms with Gasteiger partial charge in [-0.05, 0) is 25.3 Å². The van der Waals surface area contributed by atoms with Crippen LogP contribution in [0.15, 0.2) is 24.3 Å². The fourth-order valence-electron chi connectivity index (χ4n) is 2.23. The monoisotopic (exact) mass is 233 g/mol. The van der Waals surface area contributed by atoms with E-state index in [1.807, 2.05) is 0 Å². The molecule has 0 saturated carbocycles. The molecular weight excluding hydrogens is 214 g/mol. The van der Waals surface area contributed by atoms with E-state index in [9.17, 15) is 4.79 Å². The quantitative estimate of drug-likeness (QED) is 0.851. The Morgan fingerprint density at radius 3 is 2.71 bits per heavy atom. The van der Waals surface area contributed by atoms with Crippen LogP contribution in [-0.4, -0.2) is 18.6 Å². The summed E-state index contributed by atoms with van der Waals surface area (Å²) in [4.78, 5) is 11.0. The van der Waals surface area contributed by atoms with Crippen LogP contribution in [0.2, 0.25) is 0 Å². The maximum atomic E-state index is 11.0. The first-order chi connectivity index (χ1) is 8.15. The summed E-state index contributed by atoms with van der Waals surface area (Å²) in [6.07, 6.45) is 1.88. The minimum Gasteiger partial charge on any atom is -0.373 e. The Morgan fingerprint density at radius 2 is 2.06 bits per heavy atom. The number of hydrogen-bond acceptors (Lipinski definition) is 2. The first-order valence-electron chi connectivity index (χ1n) is 6.10. The summed E-state index contributed by atoms with van der Waals surface area (Å²) in [5.74, 6) is 0.0413. The van der Waals surface area contributed by atoms with Crippen molar-refractivity contribution in [3.8, 4) is 0 Å². The molecule has 1 fully saturated rings. The lowest BCUT2D eigenvalue weighted by Crippen LogP contribution is -2.38. The Hall–Kier alpha value is -1.35. The molecule has 1 heterocycles. The number of nitrogens with one attached hydrogen (secondary N) is 1. The van der Waals surface area contributed by atoms with Crippen molar-refractivity contribution in [2.45, 2.75) is 38.8 Å². The molecule has 0 aromatic heterocycles. The average molecular weight is 233 g/mol. The van der Waals surface area contributed by atoms with Crippen molar-refractivity contribution in [3.63, 3.8) is 0 Å². The second-order valence-corrected chi connectivity index (χ2v) is 4.69. The first kappa shape index (κ1) is 12.1. The van der Waals surface area contributed by atoms with Gasteiger partial charge in [0.05, 0.1) is 6.10 Å². The largest absolute Gasteiger partial charge is 0.373 e. The zero-order chi connectivity index (χ0) is 12.3. The van der Waals surface area contributed by atoms with Gasteiger partial charge in [0.15, 0.2) is 0 Å². The Labute approximate surface area is 102 Å². The molecule has 1 aromatic carbocycles. The van der Waals surface area contributed by atoms with Crippen LogP contribution >= 0.6 is 0 Å². The number of benzene rings is 1. The van der Waals surface area contributed by atoms with Crippen molar-refractivity contribution in [2.75, 3.05) is 6.61 Å². The van der Waals surface area contributed by atoms with E-state index >= 15 is 0 Å². The van der Waals surface area contributed by atoms with Crippen molar-refractivity contribution in [2.24, 2.45) is 0 Å². The van der Waals surface area contributed by atoms with Crippen LogP contribution < -0.4 is 5.32 Å². The smallest absolute Gasteiger partial charge is 0.217 e. The van der Waals surface area contributed by atoms with Crippen LogP contribution in [0.4, 0.5) is 0 Å². The van der Waals surface area contributed by atoms with Gasteiger partial charge < -0.3 is 10.1 Å². The highest BCUT2D eigenvalue weighted by molar-refractivity contribution is 5.73. The van der Waals surface area contributed by atoms with Crippen molar-refractivity contribution < 1.29 is 9.53 Å². The molecule has 3 heteroatoms. The molecule has 0 bridgehead atoms. The van der Waals surface area contributed by atoms with E-state index in [1.54, 1.807) is 6.92 Å². The predicted octanol–water partition coefficient (Wildman–Crippen LogP) is 2.35. The Kier molecular flexibility index (Phi) is 3.79. The molecule has 2 atom stereocenters. The summed E-state index contributed by atoms with van der Waals surface area (Å²) in [7, 11) is 0. The maximum Gasteiger partial charge on any atom is 0.217 e. The Morgan fingerprint density at radius 1 is 1.35 bits per heavy atom. The topological polar surface area (TPSA) is 38.3 Å². The van der Waals surface area contributed by atoms with Crippen LogP contribution in [0.5, 0.6) is 0 Å². The molecule has 1 saturated heterocycles. The van der Waals surface area contributed by atoms with E-state index in [1.165, 1.54) is 11.1 Å². The summed E-state index contributed by atoms with van der Waals surface area (Å²) >= 11 is 0. The summed E-state index contributed by atoms with van der Waals surface area (Å²) in [5, 5.41) is 2.97. The Balaban J connectivity index is 2.01. The SMILES string of the molecule is CC(=O)N[C@H]1CCO[C@@H](c2ccc(C)cc2)C1. The summed E-state index contributed by atoms with van der Waals surface area (Å²) < 4.78 is 5.76. The predicted molar refractivity (Wildman–Crippen MR) is 66.7 cm³/mol. The fraction of sp³-hybridized carbons (Fsp3) is 0.500. The van der Waals surface area contributed by atoms with E-state index in [0.29, 0.717) is 6.61 Å². The third-order valence-corrected chi connectivity index (χ3v) is 3.14. The molecule has 0 spiro atoms. The number of aryl methyl sites for hydroxylation is 1. The lowest BCUT2D eigenvalue weighted by atomic mass is 9.97. The lowest BCUT2D eigenvalue weighted by molar-refractivity contribution is -0.120. The molecule has 2 rings (SSSR count). The van der Waals surface area contributed by atoms with Gasteiger partial charge in [-0.25, -0.2) is 0 Å². The summed E-state index contributed by atoms with van der Waals surface area (Å²) in [5.41, 5.74) is 2.45. The molecule has 0 radical (unpaired) electrons. The second kappa shape index (κ2) is 5.32. The number of ether oxygens (including phenoxy) is 1. The molecular formula is C14H19NO2. The van der Waals surface area contributed by atoms with Crippen molar-refractivity contribution >= 4 is 5.91 Å². The van der Waals surface area contributed by atoms with Gasteiger partial charge in [0.1, 0.15) is 0 Å². The molecule has 0 unspecified atom stereocenters. The first-order valence-corrected chi connectivity index (χ1v) is 6.10. The minimum absolute atomic E-state index is 0.0413. The molecule has 0 aliphatic carbocycles. The number of hydrogen-bond donors (Lipinski definition) is 1. The molecule has 1 aromatic rings. The molecule has 1 amide bonds. The molecule has 3 nitrogen and oxygen atoms in total. The molecule has 1 aliphatic heterocycles. The van der Waals surface area contributed by atoms with Gasteiger partial charge in [0.25, 0.3) is 0 Å². The number of amides is 1. The van der Waals surface area contributed by atoms with Gasteiger partial charge >= 0.3 is 0 Å². The second-order valence-electron chi connectivity index (χ2n) is 4.69. The van der Waals surface area contributed by atoms with Gasteiger partial charge in [-0.2, -0.15) is 0 Å². The number of carbonyl (C=O) groups is 1. The van der Waals surface area contributed by atoms with E-state index in [2.05, 4.69) is 36.5 Å². The lowest BCUT2D eigenvalue weighted by Gasteiger charge is -2.30. The molecule has 92 valence electrons. The van der Waals surface area contributed by atoms with E-state index in [4.69, 9.17) is 4.74 Å². The summed E-state index contributed by atoms with van der Waals surface area (Å²) in [6.45, 7) is 4.35. The van der Waals surface area contributed by atoms with Gasteiger partial charge in [-0.3, -0.25) is 4.79 Å². The zero-order valence-electron chi connectivity index (χ0n) is 10.4. The van der Waals surface area contributed by atoms with Gasteiger partial charge in [-0.15, -0.1) is 0 Å². The van der Waals surface area contributed by atoms with Crippen molar-refractivity contribution in [1.82, 2.24) is 5.32 Å². The number of rotatable bonds is 2. The van der Waals surface area contributed by atoms with E-state index < -0.39 is 0 Å². The highest BCUT2D eigenvalue weighted by atomic mass is 16.5. The van der Waals surface area contributed by atoms with Crippen LogP contribution in [0, 0.1) is 6.92 Å². The maximum absolute atomic E-state index is 11.0.